The number of pyridine rings is 1. The molecule has 5 nitrogen and oxygen atoms in total. The molecule has 2 aromatic heterocycles. The van der Waals surface area contributed by atoms with Crippen molar-refractivity contribution in [2.75, 3.05) is 7.11 Å². The van der Waals surface area contributed by atoms with Gasteiger partial charge >= 0.3 is 0 Å². The first-order chi connectivity index (χ1) is 8.29. The molecule has 90 valence electrons. The van der Waals surface area contributed by atoms with Crippen molar-refractivity contribution in [1.82, 2.24) is 15.5 Å². The number of methoxy groups -OCH3 is 1. The SMILES string of the molecule is COc1ncccc1CNCc1cc(C)on1. The molecule has 0 bridgehead atoms. The minimum atomic E-state index is 0.649. The van der Waals surface area contributed by atoms with Crippen LogP contribution < -0.4 is 10.1 Å². The van der Waals surface area contributed by atoms with Gasteiger partial charge in [-0.15, -0.1) is 0 Å². The molecule has 0 spiro atoms. The fourth-order valence-corrected chi connectivity index (χ4v) is 1.57. The van der Waals surface area contributed by atoms with Crippen LogP contribution in [0.15, 0.2) is 28.9 Å². The predicted molar refractivity (Wildman–Crippen MR) is 62.6 cm³/mol. The van der Waals surface area contributed by atoms with Gasteiger partial charge in [-0.1, -0.05) is 11.2 Å². The fraction of sp³-hybridized carbons (Fsp3) is 0.333. The van der Waals surface area contributed by atoms with E-state index < -0.39 is 0 Å². The Balaban J connectivity index is 1.89. The second-order valence-electron chi connectivity index (χ2n) is 3.70. The van der Waals surface area contributed by atoms with Crippen molar-refractivity contribution in [1.29, 1.82) is 0 Å². The van der Waals surface area contributed by atoms with E-state index in [1.54, 1.807) is 13.3 Å². The minimum Gasteiger partial charge on any atom is -0.481 e. The molecule has 17 heavy (non-hydrogen) atoms. The maximum Gasteiger partial charge on any atom is 0.217 e. The van der Waals surface area contributed by atoms with Gasteiger partial charge in [0.15, 0.2) is 0 Å². The van der Waals surface area contributed by atoms with E-state index in [0.29, 0.717) is 19.0 Å². The van der Waals surface area contributed by atoms with Gasteiger partial charge in [-0.05, 0) is 13.0 Å². The Kier molecular flexibility index (Phi) is 3.72. The Morgan fingerprint density at radius 2 is 2.29 bits per heavy atom. The second-order valence-corrected chi connectivity index (χ2v) is 3.70. The summed E-state index contributed by atoms with van der Waals surface area (Å²) in [6.45, 7) is 3.22. The Hall–Kier alpha value is -1.88. The van der Waals surface area contributed by atoms with Crippen LogP contribution in [0.1, 0.15) is 17.0 Å². The molecule has 0 saturated heterocycles. The third-order valence-electron chi connectivity index (χ3n) is 2.34. The summed E-state index contributed by atoms with van der Waals surface area (Å²) < 4.78 is 10.2. The number of aromatic nitrogens is 2. The van der Waals surface area contributed by atoms with Gasteiger partial charge in [0.05, 0.1) is 12.8 Å². The van der Waals surface area contributed by atoms with E-state index in [4.69, 9.17) is 9.26 Å². The van der Waals surface area contributed by atoms with Gasteiger partial charge in [-0.3, -0.25) is 0 Å². The predicted octanol–water partition coefficient (Wildman–Crippen LogP) is 1.68. The molecule has 2 rings (SSSR count). The molecule has 0 unspecified atom stereocenters. The highest BCUT2D eigenvalue weighted by Gasteiger charge is 2.04. The molecular weight excluding hydrogens is 218 g/mol. The summed E-state index contributed by atoms with van der Waals surface area (Å²) in [6.07, 6.45) is 1.71. The number of nitrogens with zero attached hydrogens (tertiary/aromatic N) is 2. The van der Waals surface area contributed by atoms with E-state index in [0.717, 1.165) is 17.0 Å². The zero-order valence-corrected chi connectivity index (χ0v) is 9.93. The molecule has 0 aromatic carbocycles. The van der Waals surface area contributed by atoms with Crippen LogP contribution in [0, 0.1) is 6.92 Å². The van der Waals surface area contributed by atoms with Gasteiger partial charge in [0.1, 0.15) is 5.76 Å². The summed E-state index contributed by atoms with van der Waals surface area (Å²) in [7, 11) is 1.62. The number of aryl methyl sites for hydroxylation is 1. The first-order valence-electron chi connectivity index (χ1n) is 5.40. The van der Waals surface area contributed by atoms with Crippen LogP contribution in [-0.2, 0) is 13.1 Å². The number of nitrogens with one attached hydrogen (secondary N) is 1. The van der Waals surface area contributed by atoms with Gasteiger partial charge in [0.2, 0.25) is 5.88 Å². The maximum absolute atomic E-state index is 5.17. The smallest absolute Gasteiger partial charge is 0.217 e. The lowest BCUT2D eigenvalue weighted by Crippen LogP contribution is -2.13. The molecule has 2 heterocycles. The standard InChI is InChI=1S/C12H15N3O2/c1-9-6-11(15-17-9)8-13-7-10-4-3-5-14-12(10)16-2/h3-6,13H,7-8H2,1-2H3. The van der Waals surface area contributed by atoms with Gasteiger partial charge < -0.3 is 14.6 Å². The van der Waals surface area contributed by atoms with Gasteiger partial charge in [-0.2, -0.15) is 0 Å². The van der Waals surface area contributed by atoms with E-state index in [-0.39, 0.29) is 0 Å². The van der Waals surface area contributed by atoms with Crippen molar-refractivity contribution in [3.05, 3.63) is 41.4 Å². The third-order valence-corrected chi connectivity index (χ3v) is 2.34. The highest BCUT2D eigenvalue weighted by Crippen LogP contribution is 2.13. The van der Waals surface area contributed by atoms with E-state index in [1.165, 1.54) is 0 Å². The van der Waals surface area contributed by atoms with Crippen LogP contribution >= 0.6 is 0 Å². The molecule has 0 saturated carbocycles. The van der Waals surface area contributed by atoms with Crippen molar-refractivity contribution in [2.45, 2.75) is 20.0 Å². The van der Waals surface area contributed by atoms with Crippen molar-refractivity contribution in [3.8, 4) is 5.88 Å². The molecule has 5 heteroatoms. The first kappa shape index (κ1) is 11.6. The Bertz CT molecular complexity index is 482. The monoisotopic (exact) mass is 233 g/mol. The molecular formula is C12H15N3O2. The molecule has 2 aromatic rings. The van der Waals surface area contributed by atoms with Gasteiger partial charge in [0.25, 0.3) is 0 Å². The topological polar surface area (TPSA) is 60.2 Å². The maximum atomic E-state index is 5.17. The molecule has 0 amide bonds. The van der Waals surface area contributed by atoms with E-state index in [9.17, 15) is 0 Å². The highest BCUT2D eigenvalue weighted by atomic mass is 16.5. The lowest BCUT2D eigenvalue weighted by atomic mass is 10.2. The lowest BCUT2D eigenvalue weighted by Gasteiger charge is -2.06. The van der Waals surface area contributed by atoms with Crippen LogP contribution in [-0.4, -0.2) is 17.3 Å². The summed E-state index contributed by atoms with van der Waals surface area (Å²) in [6, 6.07) is 5.78. The quantitative estimate of drug-likeness (QED) is 0.851. The summed E-state index contributed by atoms with van der Waals surface area (Å²) >= 11 is 0. The molecule has 1 N–H and O–H groups in total. The summed E-state index contributed by atoms with van der Waals surface area (Å²) in [5, 5.41) is 7.17. The highest BCUT2D eigenvalue weighted by molar-refractivity contribution is 5.25. The average Bonchev–Trinajstić information content (AvgIpc) is 2.76. The van der Waals surface area contributed by atoms with Crippen LogP contribution in [0.2, 0.25) is 0 Å². The number of hydrogen-bond donors (Lipinski definition) is 1. The second kappa shape index (κ2) is 5.45. The lowest BCUT2D eigenvalue weighted by molar-refractivity contribution is 0.385. The van der Waals surface area contributed by atoms with Crippen molar-refractivity contribution in [3.63, 3.8) is 0 Å². The fourth-order valence-electron chi connectivity index (χ4n) is 1.57. The third kappa shape index (κ3) is 3.04. The first-order valence-corrected chi connectivity index (χ1v) is 5.40. The molecule has 0 aliphatic rings. The normalized spacial score (nSPS) is 10.5. The summed E-state index contributed by atoms with van der Waals surface area (Å²) in [5.41, 5.74) is 1.92. The van der Waals surface area contributed by atoms with Crippen LogP contribution in [0.3, 0.4) is 0 Å². The molecule has 0 fully saturated rings. The Morgan fingerprint density at radius 1 is 1.41 bits per heavy atom. The Morgan fingerprint density at radius 3 is 3.00 bits per heavy atom. The molecule has 0 atom stereocenters. The van der Waals surface area contributed by atoms with E-state index >= 15 is 0 Å². The van der Waals surface area contributed by atoms with E-state index in [1.807, 2.05) is 25.1 Å². The molecule has 0 aliphatic carbocycles. The van der Waals surface area contributed by atoms with Crippen LogP contribution in [0.25, 0.3) is 0 Å². The Labute approximate surface area is 99.8 Å². The van der Waals surface area contributed by atoms with Gasteiger partial charge in [-0.25, -0.2) is 4.98 Å². The molecule has 0 radical (unpaired) electrons. The molecule has 0 aliphatic heterocycles. The zero-order valence-electron chi connectivity index (χ0n) is 9.93. The van der Waals surface area contributed by atoms with Gasteiger partial charge in [0, 0.05) is 30.9 Å². The average molecular weight is 233 g/mol. The van der Waals surface area contributed by atoms with Crippen LogP contribution in [0.4, 0.5) is 0 Å². The minimum absolute atomic E-state index is 0.649. The summed E-state index contributed by atoms with van der Waals surface area (Å²) in [4.78, 5) is 4.13. The van der Waals surface area contributed by atoms with Crippen molar-refractivity contribution < 1.29 is 9.26 Å². The van der Waals surface area contributed by atoms with E-state index in [2.05, 4.69) is 15.5 Å². The zero-order chi connectivity index (χ0) is 12.1. The van der Waals surface area contributed by atoms with Crippen molar-refractivity contribution >= 4 is 0 Å². The van der Waals surface area contributed by atoms with Crippen LogP contribution in [0.5, 0.6) is 5.88 Å². The number of ether oxygens (including phenoxy) is 1. The van der Waals surface area contributed by atoms with Crippen molar-refractivity contribution in [2.24, 2.45) is 0 Å². The number of hydrogen-bond acceptors (Lipinski definition) is 5. The number of rotatable bonds is 5. The largest absolute Gasteiger partial charge is 0.481 e. The summed E-state index contributed by atoms with van der Waals surface area (Å²) in [5.74, 6) is 1.47.